The summed E-state index contributed by atoms with van der Waals surface area (Å²) in [4.78, 5) is 37.1. The average molecular weight is 420 g/mol. The summed E-state index contributed by atoms with van der Waals surface area (Å²) in [5, 5.41) is 11.6. The number of hydrogen-bond acceptors (Lipinski definition) is 6. The number of nitrogens with zero attached hydrogens (tertiary/aromatic N) is 3. The molecule has 1 aliphatic heterocycles. The SMILES string of the molecule is Cc1nc(C)c(C(=O)C2=C(O)C(=O)N(c3cccc(C)c3C)C2c2cccnc2)s1. The maximum absolute atomic E-state index is 13.5. The number of ketones is 1. The number of thiazole rings is 1. The van der Waals surface area contributed by atoms with E-state index in [0.29, 0.717) is 21.8 Å². The minimum absolute atomic E-state index is 0.0562. The Hall–Kier alpha value is -3.32. The normalized spacial score (nSPS) is 16.5. The molecule has 1 atom stereocenters. The first-order valence-electron chi connectivity index (χ1n) is 9.52. The van der Waals surface area contributed by atoms with E-state index < -0.39 is 17.7 Å². The van der Waals surface area contributed by atoms with Crippen molar-refractivity contribution < 1.29 is 14.7 Å². The quantitative estimate of drug-likeness (QED) is 0.627. The first kappa shape index (κ1) is 20.0. The predicted octanol–water partition coefficient (Wildman–Crippen LogP) is 4.55. The van der Waals surface area contributed by atoms with E-state index in [-0.39, 0.29) is 11.4 Å². The molecule has 0 bridgehead atoms. The van der Waals surface area contributed by atoms with E-state index in [4.69, 9.17) is 0 Å². The van der Waals surface area contributed by atoms with Gasteiger partial charge in [0.25, 0.3) is 5.91 Å². The standard InChI is InChI=1S/C23H21N3O3S/c1-12-7-5-9-17(13(12)2)26-19(16-8-6-10-24-11-16)18(21(28)23(26)29)20(27)22-14(3)25-15(4)30-22/h5-11,19,28H,1-4H3. The Morgan fingerprint density at radius 1 is 1.13 bits per heavy atom. The zero-order chi connectivity index (χ0) is 21.6. The summed E-state index contributed by atoms with van der Waals surface area (Å²) < 4.78 is 0. The van der Waals surface area contributed by atoms with Gasteiger partial charge in [-0.2, -0.15) is 0 Å². The van der Waals surface area contributed by atoms with Crippen molar-refractivity contribution in [1.82, 2.24) is 9.97 Å². The van der Waals surface area contributed by atoms with E-state index in [1.807, 2.05) is 39.0 Å². The third-order valence-corrected chi connectivity index (χ3v) is 6.47. The maximum atomic E-state index is 13.5. The van der Waals surface area contributed by atoms with Crippen molar-refractivity contribution in [2.24, 2.45) is 0 Å². The lowest BCUT2D eigenvalue weighted by molar-refractivity contribution is -0.117. The van der Waals surface area contributed by atoms with Crippen LogP contribution in [-0.4, -0.2) is 26.8 Å². The number of aliphatic hydroxyl groups excluding tert-OH is 1. The summed E-state index contributed by atoms with van der Waals surface area (Å²) >= 11 is 1.26. The van der Waals surface area contributed by atoms with Crippen LogP contribution in [0, 0.1) is 27.7 Å². The Balaban J connectivity index is 1.92. The molecule has 0 fully saturated rings. The second-order valence-electron chi connectivity index (χ2n) is 7.32. The van der Waals surface area contributed by atoms with Gasteiger partial charge >= 0.3 is 0 Å². The van der Waals surface area contributed by atoms with Crippen molar-refractivity contribution in [3.63, 3.8) is 0 Å². The number of pyridine rings is 1. The Morgan fingerprint density at radius 2 is 1.90 bits per heavy atom. The fourth-order valence-electron chi connectivity index (χ4n) is 3.80. The molecule has 0 spiro atoms. The number of amides is 1. The molecule has 0 saturated heterocycles. The lowest BCUT2D eigenvalue weighted by atomic mass is 9.95. The molecule has 1 amide bonds. The second-order valence-corrected chi connectivity index (χ2v) is 8.53. The lowest BCUT2D eigenvalue weighted by Crippen LogP contribution is -2.31. The molecule has 2 aromatic heterocycles. The number of carbonyl (C=O) groups excluding carboxylic acids is 2. The molecule has 7 heteroatoms. The molecule has 0 aliphatic carbocycles. The number of aryl methyl sites for hydroxylation is 3. The molecule has 1 aliphatic rings. The van der Waals surface area contributed by atoms with Gasteiger partial charge in [-0.15, -0.1) is 11.3 Å². The number of anilines is 1. The molecular weight excluding hydrogens is 398 g/mol. The van der Waals surface area contributed by atoms with Gasteiger partial charge in [0.2, 0.25) is 5.78 Å². The minimum Gasteiger partial charge on any atom is -0.503 e. The Kier molecular flexibility index (Phi) is 4.99. The minimum atomic E-state index is -0.777. The van der Waals surface area contributed by atoms with Crippen LogP contribution < -0.4 is 4.90 Å². The van der Waals surface area contributed by atoms with Crippen LogP contribution in [0.25, 0.3) is 0 Å². The smallest absolute Gasteiger partial charge is 0.294 e. The highest BCUT2D eigenvalue weighted by Crippen LogP contribution is 2.43. The Bertz CT molecular complexity index is 1200. The number of Topliss-reactive ketones (excluding diaryl/α,β-unsaturated/α-hetero) is 1. The number of carbonyl (C=O) groups is 2. The molecule has 1 N–H and O–H groups in total. The van der Waals surface area contributed by atoms with Crippen molar-refractivity contribution in [2.45, 2.75) is 33.7 Å². The van der Waals surface area contributed by atoms with Gasteiger partial charge in [0.05, 0.1) is 27.2 Å². The summed E-state index contributed by atoms with van der Waals surface area (Å²) in [7, 11) is 0. The third kappa shape index (κ3) is 3.11. The molecule has 152 valence electrons. The summed E-state index contributed by atoms with van der Waals surface area (Å²) in [6, 6.07) is 8.42. The first-order valence-corrected chi connectivity index (χ1v) is 10.3. The van der Waals surface area contributed by atoms with Gasteiger partial charge in [-0.1, -0.05) is 18.2 Å². The van der Waals surface area contributed by atoms with Gasteiger partial charge < -0.3 is 5.11 Å². The highest BCUT2D eigenvalue weighted by Gasteiger charge is 2.45. The van der Waals surface area contributed by atoms with Crippen molar-refractivity contribution in [3.05, 3.63) is 86.3 Å². The van der Waals surface area contributed by atoms with Crippen molar-refractivity contribution in [3.8, 4) is 0 Å². The summed E-state index contributed by atoms with van der Waals surface area (Å²) in [5.74, 6) is -1.51. The van der Waals surface area contributed by atoms with Crippen LogP contribution in [0.5, 0.6) is 0 Å². The molecule has 30 heavy (non-hydrogen) atoms. The van der Waals surface area contributed by atoms with Gasteiger partial charge in [0, 0.05) is 18.1 Å². The van der Waals surface area contributed by atoms with Crippen molar-refractivity contribution in [1.29, 1.82) is 0 Å². The van der Waals surface area contributed by atoms with Gasteiger partial charge in [0.15, 0.2) is 5.76 Å². The number of aromatic nitrogens is 2. The van der Waals surface area contributed by atoms with E-state index in [1.165, 1.54) is 16.2 Å². The largest absolute Gasteiger partial charge is 0.503 e. The highest BCUT2D eigenvalue weighted by molar-refractivity contribution is 7.14. The van der Waals surface area contributed by atoms with Gasteiger partial charge in [-0.05, 0) is 56.5 Å². The zero-order valence-electron chi connectivity index (χ0n) is 17.1. The number of rotatable bonds is 4. The van der Waals surface area contributed by atoms with E-state index in [2.05, 4.69) is 9.97 Å². The molecule has 0 radical (unpaired) electrons. The molecule has 4 rings (SSSR count). The average Bonchev–Trinajstić information content (AvgIpc) is 3.20. The number of hydrogen-bond donors (Lipinski definition) is 1. The topological polar surface area (TPSA) is 83.4 Å². The fraction of sp³-hybridized carbons (Fsp3) is 0.217. The van der Waals surface area contributed by atoms with E-state index in [0.717, 1.165) is 16.1 Å². The van der Waals surface area contributed by atoms with Crippen LogP contribution in [0.3, 0.4) is 0 Å². The first-order chi connectivity index (χ1) is 14.3. The van der Waals surface area contributed by atoms with Crippen LogP contribution in [0.1, 0.15) is 43.1 Å². The molecule has 3 aromatic rings. The second kappa shape index (κ2) is 7.50. The number of aliphatic hydroxyl groups is 1. The molecule has 1 aromatic carbocycles. The predicted molar refractivity (Wildman–Crippen MR) is 116 cm³/mol. The van der Waals surface area contributed by atoms with Crippen LogP contribution in [0.2, 0.25) is 0 Å². The maximum Gasteiger partial charge on any atom is 0.294 e. The van der Waals surface area contributed by atoms with E-state index in [1.54, 1.807) is 31.5 Å². The molecule has 1 unspecified atom stereocenters. The fourth-order valence-corrected chi connectivity index (χ4v) is 4.67. The van der Waals surface area contributed by atoms with Crippen LogP contribution >= 0.6 is 11.3 Å². The summed E-state index contributed by atoms with van der Waals surface area (Å²) in [5.41, 5.74) is 3.87. The zero-order valence-corrected chi connectivity index (χ0v) is 17.9. The highest BCUT2D eigenvalue weighted by atomic mass is 32.1. The van der Waals surface area contributed by atoms with E-state index >= 15 is 0 Å². The van der Waals surface area contributed by atoms with Crippen LogP contribution in [0.15, 0.2) is 54.1 Å². The number of benzene rings is 1. The summed E-state index contributed by atoms with van der Waals surface area (Å²) in [6.45, 7) is 7.46. The summed E-state index contributed by atoms with van der Waals surface area (Å²) in [6.07, 6.45) is 3.25. The molecule has 6 nitrogen and oxygen atoms in total. The molecule has 0 saturated carbocycles. The van der Waals surface area contributed by atoms with Crippen LogP contribution in [0.4, 0.5) is 5.69 Å². The Morgan fingerprint density at radius 3 is 2.53 bits per heavy atom. The molecule has 3 heterocycles. The van der Waals surface area contributed by atoms with E-state index in [9.17, 15) is 14.7 Å². The van der Waals surface area contributed by atoms with Crippen molar-refractivity contribution in [2.75, 3.05) is 4.90 Å². The monoisotopic (exact) mass is 419 g/mol. The molecular formula is C23H21N3O3S. The van der Waals surface area contributed by atoms with Gasteiger partial charge in [-0.25, -0.2) is 4.98 Å². The van der Waals surface area contributed by atoms with Gasteiger partial charge in [-0.3, -0.25) is 19.5 Å². The third-order valence-electron chi connectivity index (χ3n) is 5.40. The Labute approximate surface area is 178 Å². The lowest BCUT2D eigenvalue weighted by Gasteiger charge is -2.28. The van der Waals surface area contributed by atoms with Gasteiger partial charge in [0.1, 0.15) is 0 Å². The van der Waals surface area contributed by atoms with Crippen molar-refractivity contribution >= 4 is 28.7 Å². The van der Waals surface area contributed by atoms with Crippen LogP contribution in [-0.2, 0) is 4.79 Å².